The molecule has 4 fully saturated rings. The molecule has 0 aromatic heterocycles. The predicted octanol–water partition coefficient (Wildman–Crippen LogP) is 0.107. The van der Waals surface area contributed by atoms with E-state index in [2.05, 4.69) is 9.96 Å². The lowest BCUT2D eigenvalue weighted by atomic mass is 9.93. The van der Waals surface area contributed by atoms with Crippen LogP contribution in [-0.2, 0) is 9.57 Å². The first-order valence-corrected chi connectivity index (χ1v) is 6.37. The fourth-order valence-electron chi connectivity index (χ4n) is 2.41. The number of epoxide rings is 1. The van der Waals surface area contributed by atoms with Gasteiger partial charge in [-0.25, -0.2) is 0 Å². The van der Waals surface area contributed by atoms with Crippen molar-refractivity contribution >= 4 is 11.8 Å². The molecule has 0 bridgehead atoms. The van der Waals surface area contributed by atoms with Crippen LogP contribution >= 0.6 is 11.8 Å². The van der Waals surface area contributed by atoms with E-state index >= 15 is 0 Å². The molecule has 4 aliphatic rings. The Morgan fingerprint density at radius 1 is 1.36 bits per heavy atom. The number of hydrogen-bond donors (Lipinski definition) is 0. The zero-order valence-corrected chi connectivity index (χ0v) is 8.83. The first-order valence-electron chi connectivity index (χ1n) is 5.32. The molecule has 78 valence electrons. The molecule has 4 rings (SSSR count). The van der Waals surface area contributed by atoms with E-state index in [0.717, 1.165) is 18.9 Å². The quantitative estimate of drug-likeness (QED) is 0.619. The van der Waals surface area contributed by atoms with Crippen molar-refractivity contribution in [3.05, 3.63) is 0 Å². The van der Waals surface area contributed by atoms with Gasteiger partial charge in [-0.05, 0) is 6.42 Å². The van der Waals surface area contributed by atoms with Crippen LogP contribution in [0.15, 0.2) is 0 Å². The highest BCUT2D eigenvalue weighted by molar-refractivity contribution is 8.06. The Kier molecular flexibility index (Phi) is 1.58. The number of hydroxylamine groups is 2. The SMILES string of the molecule is C1SC1ON1CCC1(C1CO1)N1CC1. The summed E-state index contributed by atoms with van der Waals surface area (Å²) in [6, 6.07) is 0. The Morgan fingerprint density at radius 2 is 2.14 bits per heavy atom. The first-order chi connectivity index (χ1) is 6.89. The van der Waals surface area contributed by atoms with E-state index in [1.165, 1.54) is 19.5 Å². The second kappa shape index (κ2) is 2.65. The van der Waals surface area contributed by atoms with E-state index in [0.29, 0.717) is 11.5 Å². The lowest BCUT2D eigenvalue weighted by molar-refractivity contribution is -0.310. The molecule has 4 saturated heterocycles. The zero-order chi connectivity index (χ0) is 9.17. The van der Waals surface area contributed by atoms with Crippen LogP contribution in [-0.4, -0.2) is 59.2 Å². The molecular formula is C9H14N2O2S. The van der Waals surface area contributed by atoms with Crippen molar-refractivity contribution in [2.45, 2.75) is 23.6 Å². The Labute approximate surface area is 87.5 Å². The van der Waals surface area contributed by atoms with E-state index < -0.39 is 0 Å². The third-order valence-corrected chi connectivity index (χ3v) is 4.20. The highest BCUT2D eigenvalue weighted by atomic mass is 32.2. The smallest absolute Gasteiger partial charge is 0.134 e. The summed E-state index contributed by atoms with van der Waals surface area (Å²) >= 11 is 1.89. The van der Waals surface area contributed by atoms with E-state index in [1.807, 2.05) is 11.8 Å². The van der Waals surface area contributed by atoms with Gasteiger partial charge < -0.3 is 4.74 Å². The van der Waals surface area contributed by atoms with E-state index in [1.54, 1.807) is 0 Å². The molecule has 0 N–H and O–H groups in total. The predicted molar refractivity (Wildman–Crippen MR) is 52.7 cm³/mol. The molecule has 0 aromatic rings. The van der Waals surface area contributed by atoms with Gasteiger partial charge in [0.2, 0.25) is 0 Å². The fourth-order valence-corrected chi connectivity index (χ4v) is 2.72. The van der Waals surface area contributed by atoms with Gasteiger partial charge in [-0.15, -0.1) is 11.8 Å². The zero-order valence-electron chi connectivity index (χ0n) is 8.02. The average Bonchev–Trinajstić information content (AvgIpc) is 2.97. The number of rotatable bonds is 4. The van der Waals surface area contributed by atoms with Crippen molar-refractivity contribution in [3.63, 3.8) is 0 Å². The van der Waals surface area contributed by atoms with Crippen molar-refractivity contribution in [3.8, 4) is 0 Å². The largest absolute Gasteiger partial charge is 0.370 e. The molecule has 3 atom stereocenters. The fraction of sp³-hybridized carbons (Fsp3) is 1.00. The molecule has 0 spiro atoms. The maximum atomic E-state index is 5.89. The molecule has 3 unspecified atom stereocenters. The molecule has 0 aromatic carbocycles. The van der Waals surface area contributed by atoms with Gasteiger partial charge in [0, 0.05) is 25.4 Å². The first kappa shape index (κ1) is 8.35. The van der Waals surface area contributed by atoms with Gasteiger partial charge in [0.1, 0.15) is 17.2 Å². The standard InChI is InChI=1S/C9H14N2O2S/c1-2-11(13-8-6-14-8)9(1,7-5-12-7)10-3-4-10/h7-8H,1-6H2. The third kappa shape index (κ3) is 1.10. The molecule has 14 heavy (non-hydrogen) atoms. The van der Waals surface area contributed by atoms with Crippen LogP contribution in [0.3, 0.4) is 0 Å². The molecule has 0 saturated carbocycles. The highest BCUT2D eigenvalue weighted by Gasteiger charge is 2.64. The monoisotopic (exact) mass is 214 g/mol. The Hall–Kier alpha value is 0.190. The minimum atomic E-state index is 0.142. The average molecular weight is 214 g/mol. The Balaban J connectivity index is 1.53. The van der Waals surface area contributed by atoms with E-state index in [4.69, 9.17) is 9.57 Å². The molecule has 5 heteroatoms. The van der Waals surface area contributed by atoms with Gasteiger partial charge in [0.25, 0.3) is 0 Å². The van der Waals surface area contributed by atoms with Crippen molar-refractivity contribution in [1.29, 1.82) is 0 Å². The molecule has 0 radical (unpaired) electrons. The van der Waals surface area contributed by atoms with E-state index in [9.17, 15) is 0 Å². The minimum Gasteiger partial charge on any atom is -0.370 e. The second-order valence-electron chi connectivity index (χ2n) is 4.41. The maximum absolute atomic E-state index is 5.89. The summed E-state index contributed by atoms with van der Waals surface area (Å²) in [7, 11) is 0. The summed E-state index contributed by atoms with van der Waals surface area (Å²) in [5, 5.41) is 2.18. The minimum absolute atomic E-state index is 0.142. The molecule has 0 amide bonds. The normalized spacial score (nSPS) is 51.4. The lowest BCUT2D eigenvalue weighted by Crippen LogP contribution is -2.67. The number of nitrogens with zero attached hydrogens (tertiary/aromatic N) is 2. The summed E-state index contributed by atoms with van der Waals surface area (Å²) < 4.78 is 5.48. The molecular weight excluding hydrogens is 200 g/mol. The van der Waals surface area contributed by atoms with Gasteiger partial charge in [-0.2, -0.15) is 5.06 Å². The summed E-state index contributed by atoms with van der Waals surface area (Å²) in [5.74, 6) is 1.16. The second-order valence-corrected chi connectivity index (χ2v) is 5.60. The molecule has 4 aliphatic heterocycles. The van der Waals surface area contributed by atoms with Gasteiger partial charge in [-0.3, -0.25) is 9.74 Å². The number of hydrogen-bond acceptors (Lipinski definition) is 5. The van der Waals surface area contributed by atoms with Crippen LogP contribution in [0.25, 0.3) is 0 Å². The van der Waals surface area contributed by atoms with Gasteiger partial charge in [-0.1, -0.05) is 0 Å². The summed E-state index contributed by atoms with van der Waals surface area (Å²) in [6.07, 6.45) is 1.64. The van der Waals surface area contributed by atoms with Crippen molar-refractivity contribution in [1.82, 2.24) is 9.96 Å². The van der Waals surface area contributed by atoms with Crippen LogP contribution in [0, 0.1) is 0 Å². The lowest BCUT2D eigenvalue weighted by Gasteiger charge is -2.51. The summed E-state index contributed by atoms with van der Waals surface area (Å²) in [6.45, 7) is 4.44. The van der Waals surface area contributed by atoms with Crippen LogP contribution in [0.5, 0.6) is 0 Å². The van der Waals surface area contributed by atoms with Gasteiger partial charge >= 0.3 is 0 Å². The van der Waals surface area contributed by atoms with Crippen LogP contribution in [0.1, 0.15) is 6.42 Å². The van der Waals surface area contributed by atoms with Crippen molar-refractivity contribution < 1.29 is 9.57 Å². The number of thioether (sulfide) groups is 1. The van der Waals surface area contributed by atoms with Crippen LogP contribution < -0.4 is 0 Å². The summed E-state index contributed by atoms with van der Waals surface area (Å²) in [4.78, 5) is 8.38. The molecule has 4 nitrogen and oxygen atoms in total. The third-order valence-electron chi connectivity index (χ3n) is 3.51. The van der Waals surface area contributed by atoms with Gasteiger partial charge in [0.05, 0.1) is 6.61 Å². The Morgan fingerprint density at radius 3 is 2.57 bits per heavy atom. The van der Waals surface area contributed by atoms with Crippen LogP contribution in [0.2, 0.25) is 0 Å². The van der Waals surface area contributed by atoms with Crippen molar-refractivity contribution in [2.24, 2.45) is 0 Å². The van der Waals surface area contributed by atoms with E-state index in [-0.39, 0.29) is 5.66 Å². The van der Waals surface area contributed by atoms with Crippen LogP contribution in [0.4, 0.5) is 0 Å². The molecule has 0 aliphatic carbocycles. The highest BCUT2D eigenvalue weighted by Crippen LogP contribution is 2.48. The topological polar surface area (TPSA) is 28.0 Å². The van der Waals surface area contributed by atoms with Gasteiger partial charge in [0.15, 0.2) is 0 Å². The maximum Gasteiger partial charge on any atom is 0.134 e. The number of ether oxygens (including phenoxy) is 1. The summed E-state index contributed by atoms with van der Waals surface area (Å²) in [5.41, 5.74) is 0.580. The Bertz CT molecular complexity index is 252. The van der Waals surface area contributed by atoms with Crippen molar-refractivity contribution in [2.75, 3.05) is 32.0 Å². The molecule has 4 heterocycles.